The molecule has 124 valence electrons. The van der Waals surface area contributed by atoms with E-state index in [0.29, 0.717) is 23.1 Å². The number of amides is 1. The number of aromatic amines is 1. The van der Waals surface area contributed by atoms with Gasteiger partial charge in [-0.1, -0.05) is 18.2 Å². The summed E-state index contributed by atoms with van der Waals surface area (Å²) in [7, 11) is 1.89. The molecule has 0 saturated heterocycles. The van der Waals surface area contributed by atoms with Gasteiger partial charge in [-0.05, 0) is 47.1 Å². The SMILES string of the molecule is Cn1c(C(=O)NCc2n[nH]c(=S)n2C2CC2)c(Br)c2ccccc21. The summed E-state index contributed by atoms with van der Waals surface area (Å²) < 4.78 is 5.32. The van der Waals surface area contributed by atoms with Gasteiger partial charge in [0.15, 0.2) is 10.6 Å². The first kappa shape index (κ1) is 15.6. The number of hydrogen-bond acceptors (Lipinski definition) is 3. The van der Waals surface area contributed by atoms with Crippen molar-refractivity contribution in [1.29, 1.82) is 0 Å². The summed E-state index contributed by atoms with van der Waals surface area (Å²) in [5.74, 6) is 0.627. The fourth-order valence-electron chi connectivity index (χ4n) is 3.01. The molecule has 2 N–H and O–H groups in total. The first-order valence-corrected chi connectivity index (χ1v) is 8.95. The first-order chi connectivity index (χ1) is 11.6. The minimum Gasteiger partial charge on any atom is -0.343 e. The van der Waals surface area contributed by atoms with Crippen LogP contribution in [0, 0.1) is 4.77 Å². The summed E-state index contributed by atoms with van der Waals surface area (Å²) in [6.07, 6.45) is 2.23. The Bertz CT molecular complexity index is 959. The van der Waals surface area contributed by atoms with E-state index in [-0.39, 0.29) is 5.91 Å². The Morgan fingerprint density at radius 1 is 1.46 bits per heavy atom. The van der Waals surface area contributed by atoms with Crippen LogP contribution in [0.4, 0.5) is 0 Å². The molecule has 24 heavy (non-hydrogen) atoms. The van der Waals surface area contributed by atoms with E-state index in [4.69, 9.17) is 12.2 Å². The van der Waals surface area contributed by atoms with E-state index < -0.39 is 0 Å². The van der Waals surface area contributed by atoms with Crippen molar-refractivity contribution in [3.63, 3.8) is 0 Å². The number of nitrogens with zero attached hydrogens (tertiary/aromatic N) is 3. The Balaban J connectivity index is 1.60. The van der Waals surface area contributed by atoms with Crippen molar-refractivity contribution in [1.82, 2.24) is 24.6 Å². The molecule has 1 saturated carbocycles. The third-order valence-electron chi connectivity index (χ3n) is 4.36. The quantitative estimate of drug-likeness (QED) is 0.653. The van der Waals surface area contributed by atoms with E-state index in [0.717, 1.165) is 34.0 Å². The summed E-state index contributed by atoms with van der Waals surface area (Å²) in [5.41, 5.74) is 1.61. The molecule has 1 amide bonds. The van der Waals surface area contributed by atoms with Gasteiger partial charge < -0.3 is 9.88 Å². The van der Waals surface area contributed by atoms with Crippen molar-refractivity contribution in [2.24, 2.45) is 7.05 Å². The number of carbonyl (C=O) groups is 1. The number of halogens is 1. The van der Waals surface area contributed by atoms with Crippen molar-refractivity contribution >= 4 is 45.0 Å². The Labute approximate surface area is 152 Å². The van der Waals surface area contributed by atoms with Crippen LogP contribution in [0.5, 0.6) is 0 Å². The molecule has 2 heterocycles. The first-order valence-electron chi connectivity index (χ1n) is 7.75. The van der Waals surface area contributed by atoms with E-state index in [1.165, 1.54) is 0 Å². The van der Waals surface area contributed by atoms with Gasteiger partial charge >= 0.3 is 0 Å². The lowest BCUT2D eigenvalue weighted by Gasteiger charge is -2.08. The standard InChI is InChI=1S/C16H16BrN5OS/c1-21-11-5-3-2-4-10(11)13(17)14(21)15(23)18-8-12-19-20-16(24)22(12)9-6-7-9/h2-5,9H,6-8H2,1H3,(H,18,23)(H,20,24). The highest BCUT2D eigenvalue weighted by atomic mass is 79.9. The number of benzene rings is 1. The van der Waals surface area contributed by atoms with Gasteiger partial charge in [0.05, 0.1) is 11.0 Å². The van der Waals surface area contributed by atoms with Crippen LogP contribution in [0.2, 0.25) is 0 Å². The van der Waals surface area contributed by atoms with Crippen LogP contribution in [-0.2, 0) is 13.6 Å². The third kappa shape index (κ3) is 2.50. The van der Waals surface area contributed by atoms with Crippen molar-refractivity contribution in [2.75, 3.05) is 0 Å². The number of aryl methyl sites for hydroxylation is 1. The van der Waals surface area contributed by atoms with Gasteiger partial charge in [-0.2, -0.15) is 5.10 Å². The van der Waals surface area contributed by atoms with Crippen LogP contribution < -0.4 is 5.32 Å². The molecule has 0 aliphatic heterocycles. The van der Waals surface area contributed by atoms with Gasteiger partial charge in [0, 0.05) is 24.0 Å². The van der Waals surface area contributed by atoms with Crippen LogP contribution in [0.1, 0.15) is 35.2 Å². The maximum Gasteiger partial charge on any atom is 0.269 e. The minimum absolute atomic E-state index is 0.142. The third-order valence-corrected chi connectivity index (χ3v) is 5.45. The molecule has 0 unspecified atom stereocenters. The molecule has 0 atom stereocenters. The number of nitrogens with one attached hydrogen (secondary N) is 2. The van der Waals surface area contributed by atoms with Crippen molar-refractivity contribution in [2.45, 2.75) is 25.4 Å². The average molecular weight is 406 g/mol. The fourth-order valence-corrected chi connectivity index (χ4v) is 4.09. The molecule has 3 aromatic rings. The second-order valence-corrected chi connectivity index (χ2v) is 7.15. The molecule has 6 nitrogen and oxygen atoms in total. The summed E-state index contributed by atoms with van der Waals surface area (Å²) in [5, 5.41) is 11.0. The van der Waals surface area contributed by atoms with Gasteiger partial charge in [-0.3, -0.25) is 14.5 Å². The van der Waals surface area contributed by atoms with E-state index in [1.807, 2.05) is 40.4 Å². The van der Waals surface area contributed by atoms with Crippen molar-refractivity contribution < 1.29 is 4.79 Å². The number of hydrogen-bond donors (Lipinski definition) is 2. The Morgan fingerprint density at radius 2 is 2.21 bits per heavy atom. The van der Waals surface area contributed by atoms with Crippen LogP contribution in [0.15, 0.2) is 28.7 Å². The lowest BCUT2D eigenvalue weighted by molar-refractivity contribution is 0.0941. The number of rotatable bonds is 4. The molecule has 2 aromatic heterocycles. The normalized spacial score (nSPS) is 14.2. The largest absolute Gasteiger partial charge is 0.343 e. The Morgan fingerprint density at radius 3 is 2.92 bits per heavy atom. The Kier molecular flexibility index (Phi) is 3.80. The number of aromatic nitrogens is 4. The van der Waals surface area contributed by atoms with Gasteiger partial charge in [0.2, 0.25) is 0 Å². The summed E-state index contributed by atoms with van der Waals surface area (Å²) in [4.78, 5) is 12.7. The maximum atomic E-state index is 12.7. The summed E-state index contributed by atoms with van der Waals surface area (Å²) in [6.45, 7) is 0.344. The lowest BCUT2D eigenvalue weighted by Crippen LogP contribution is -2.26. The van der Waals surface area contributed by atoms with Crippen LogP contribution >= 0.6 is 28.1 Å². The highest BCUT2D eigenvalue weighted by Gasteiger charge is 2.27. The van der Waals surface area contributed by atoms with Gasteiger partial charge in [0.25, 0.3) is 5.91 Å². The van der Waals surface area contributed by atoms with Gasteiger partial charge in [-0.15, -0.1) is 0 Å². The van der Waals surface area contributed by atoms with Gasteiger partial charge in [0.1, 0.15) is 5.69 Å². The number of carbonyl (C=O) groups excluding carboxylic acids is 1. The molecular weight excluding hydrogens is 390 g/mol. The average Bonchev–Trinajstić information content (AvgIpc) is 3.30. The van der Waals surface area contributed by atoms with E-state index in [1.54, 1.807) is 0 Å². The molecular formula is C16H16BrN5OS. The highest BCUT2D eigenvalue weighted by Crippen LogP contribution is 2.35. The predicted molar refractivity (Wildman–Crippen MR) is 97.5 cm³/mol. The van der Waals surface area contributed by atoms with Gasteiger partial charge in [-0.25, -0.2) is 0 Å². The maximum absolute atomic E-state index is 12.7. The number of para-hydroxylation sites is 1. The van der Waals surface area contributed by atoms with Crippen LogP contribution in [0.3, 0.4) is 0 Å². The van der Waals surface area contributed by atoms with E-state index in [2.05, 4.69) is 31.4 Å². The molecule has 1 aliphatic rings. The second kappa shape index (κ2) is 5.86. The predicted octanol–water partition coefficient (Wildman–Crippen LogP) is 3.46. The molecule has 0 spiro atoms. The zero-order chi connectivity index (χ0) is 16.8. The van der Waals surface area contributed by atoms with E-state index in [9.17, 15) is 4.79 Å². The Hall–Kier alpha value is -1.93. The molecule has 8 heteroatoms. The summed E-state index contributed by atoms with van der Waals surface area (Å²) >= 11 is 8.82. The molecule has 1 aromatic carbocycles. The second-order valence-electron chi connectivity index (χ2n) is 5.97. The zero-order valence-electron chi connectivity index (χ0n) is 13.0. The van der Waals surface area contributed by atoms with Crippen molar-refractivity contribution in [3.8, 4) is 0 Å². The minimum atomic E-state index is -0.142. The van der Waals surface area contributed by atoms with Crippen molar-refractivity contribution in [3.05, 3.63) is 45.0 Å². The smallest absolute Gasteiger partial charge is 0.269 e. The molecule has 4 rings (SSSR count). The zero-order valence-corrected chi connectivity index (χ0v) is 15.4. The molecule has 0 radical (unpaired) electrons. The fraction of sp³-hybridized carbons (Fsp3) is 0.312. The number of fused-ring (bicyclic) bond motifs is 1. The number of H-pyrrole nitrogens is 1. The molecule has 0 bridgehead atoms. The molecule has 1 fully saturated rings. The van der Waals surface area contributed by atoms with Crippen LogP contribution in [-0.4, -0.2) is 25.2 Å². The highest BCUT2D eigenvalue weighted by molar-refractivity contribution is 9.10. The van der Waals surface area contributed by atoms with E-state index >= 15 is 0 Å². The monoisotopic (exact) mass is 405 g/mol. The lowest BCUT2D eigenvalue weighted by atomic mass is 10.2. The molecule has 1 aliphatic carbocycles. The van der Waals surface area contributed by atoms with Crippen LogP contribution in [0.25, 0.3) is 10.9 Å². The summed E-state index contributed by atoms with van der Waals surface area (Å²) in [6, 6.07) is 8.34. The topological polar surface area (TPSA) is 67.6 Å².